The van der Waals surface area contributed by atoms with Crippen molar-refractivity contribution in [3.63, 3.8) is 0 Å². The Morgan fingerprint density at radius 3 is 2.25 bits per heavy atom. The largest absolute Gasteiger partial charge is 1.00 e. The number of hydrogen-bond acceptors (Lipinski definition) is 3. The summed E-state index contributed by atoms with van der Waals surface area (Å²) in [5.41, 5.74) is 4.81. The smallest absolute Gasteiger partial charge is 1.00 e. The minimum Gasteiger partial charge on any atom is -1.00 e. The first-order chi connectivity index (χ1) is 2.81. The van der Waals surface area contributed by atoms with Crippen LogP contribution in [0, 0.1) is 0 Å². The maximum absolute atomic E-state index is 9.84. The molecule has 4 nitrogen and oxygen atoms in total. The van der Waals surface area contributed by atoms with E-state index >= 15 is 0 Å². The molecule has 1 radical (unpaired) electrons. The second kappa shape index (κ2) is 10.8. The van der Waals surface area contributed by atoms with Crippen LogP contribution in [0.5, 0.6) is 0 Å². The summed E-state index contributed by atoms with van der Waals surface area (Å²) >= 11 is 1.13. The Morgan fingerprint density at radius 2 is 2.25 bits per heavy atom. The fraction of sp³-hybridized carbons (Fsp3) is 0.500. The third-order valence-electron chi connectivity index (χ3n) is 0.328. The predicted molar refractivity (Wildman–Crippen MR) is 27.0 cm³/mol. The van der Waals surface area contributed by atoms with E-state index in [0.717, 1.165) is 16.6 Å². The Morgan fingerprint density at radius 1 is 1.88 bits per heavy atom. The molecule has 43 valence electrons. The Balaban J connectivity index is -0.0000000417. The SMILES string of the molecule is NCC(=O)[O][AlH].O.[H-].[Na+]. The molecular formula is C2H8AlNNaO3. The molecule has 0 aromatic rings. The summed E-state index contributed by atoms with van der Waals surface area (Å²) < 4.78 is 4.16. The van der Waals surface area contributed by atoms with Crippen LogP contribution in [0.15, 0.2) is 0 Å². The molecule has 8 heavy (non-hydrogen) atoms. The minimum atomic E-state index is -0.367. The normalized spacial score (nSPS) is 5.62. The van der Waals surface area contributed by atoms with Gasteiger partial charge in [0.2, 0.25) is 0 Å². The first-order valence-electron chi connectivity index (χ1n) is 1.46. The summed E-state index contributed by atoms with van der Waals surface area (Å²) in [6.45, 7) is -0.0243. The Bertz CT molecular complexity index is 59.8. The molecule has 6 heteroatoms. The molecule has 0 aliphatic rings. The first kappa shape index (κ1) is 16.0. The van der Waals surface area contributed by atoms with E-state index in [-0.39, 0.29) is 49.0 Å². The molecule has 0 amide bonds. The predicted octanol–water partition coefficient (Wildman–Crippen LogP) is -5.40. The van der Waals surface area contributed by atoms with E-state index < -0.39 is 0 Å². The Hall–Kier alpha value is 0.922. The summed E-state index contributed by atoms with van der Waals surface area (Å²) in [5, 5.41) is 0. The van der Waals surface area contributed by atoms with Crippen LogP contribution in [0.1, 0.15) is 1.43 Å². The molecule has 0 unspecified atom stereocenters. The van der Waals surface area contributed by atoms with Crippen LogP contribution in [0.2, 0.25) is 0 Å². The van der Waals surface area contributed by atoms with Crippen molar-refractivity contribution in [2.24, 2.45) is 5.73 Å². The maximum atomic E-state index is 9.84. The van der Waals surface area contributed by atoms with Gasteiger partial charge in [-0.2, -0.15) is 0 Å². The van der Waals surface area contributed by atoms with Gasteiger partial charge in [-0.05, 0) is 0 Å². The zero-order chi connectivity index (χ0) is 4.99. The van der Waals surface area contributed by atoms with Gasteiger partial charge in [-0.1, -0.05) is 0 Å². The van der Waals surface area contributed by atoms with Gasteiger partial charge in [0, 0.05) is 0 Å². The minimum absolute atomic E-state index is 0. The van der Waals surface area contributed by atoms with Crippen LogP contribution < -0.4 is 35.3 Å². The molecule has 4 N–H and O–H groups in total. The van der Waals surface area contributed by atoms with Gasteiger partial charge in [0.25, 0.3) is 5.97 Å². The van der Waals surface area contributed by atoms with Crippen LogP contribution in [0.25, 0.3) is 0 Å². The van der Waals surface area contributed by atoms with Crippen LogP contribution in [-0.2, 0) is 8.58 Å². The molecule has 0 fully saturated rings. The van der Waals surface area contributed by atoms with E-state index in [4.69, 9.17) is 5.73 Å². The monoisotopic (exact) mass is 144 g/mol. The molecule has 0 rings (SSSR count). The van der Waals surface area contributed by atoms with Gasteiger partial charge in [-0.25, -0.2) is 0 Å². The van der Waals surface area contributed by atoms with Gasteiger partial charge < -0.3 is 16.4 Å². The summed E-state index contributed by atoms with van der Waals surface area (Å²) in [6, 6.07) is 0. The molecule has 0 saturated heterocycles. The van der Waals surface area contributed by atoms with Gasteiger partial charge in [-0.15, -0.1) is 0 Å². The van der Waals surface area contributed by atoms with Gasteiger partial charge in [-0.3, -0.25) is 4.79 Å². The zero-order valence-electron chi connectivity index (χ0n) is 5.81. The van der Waals surface area contributed by atoms with E-state index in [1.54, 1.807) is 0 Å². The number of carbonyl (C=O) groups excluding carboxylic acids is 1. The van der Waals surface area contributed by atoms with Crippen molar-refractivity contribution >= 4 is 22.6 Å². The van der Waals surface area contributed by atoms with E-state index in [0.29, 0.717) is 0 Å². The first-order valence-corrected chi connectivity index (χ1v) is 2.04. The second-order valence-electron chi connectivity index (χ2n) is 0.720. The van der Waals surface area contributed by atoms with Gasteiger partial charge >= 0.3 is 46.2 Å². The fourth-order valence-corrected chi connectivity index (χ4v) is 0.177. The topological polar surface area (TPSA) is 83.8 Å². The zero-order valence-corrected chi connectivity index (χ0v) is 8.22. The van der Waals surface area contributed by atoms with Crippen molar-refractivity contribution in [1.82, 2.24) is 0 Å². The Labute approximate surface area is 79.6 Å². The number of carbonyl (C=O) groups is 1. The van der Waals surface area contributed by atoms with Crippen LogP contribution >= 0.6 is 0 Å². The molecule has 0 spiro atoms. The molecule has 0 aromatic heterocycles. The fourth-order valence-electron chi connectivity index (χ4n) is 0.0589. The number of rotatable bonds is 1. The summed E-state index contributed by atoms with van der Waals surface area (Å²) in [6.07, 6.45) is 0. The van der Waals surface area contributed by atoms with Gasteiger partial charge in [0.05, 0.1) is 6.54 Å². The molecule has 0 bridgehead atoms. The van der Waals surface area contributed by atoms with Crippen LogP contribution in [0.3, 0.4) is 0 Å². The van der Waals surface area contributed by atoms with Crippen molar-refractivity contribution in [1.29, 1.82) is 0 Å². The quantitative estimate of drug-likeness (QED) is 0.373. The molecule has 0 aliphatic carbocycles. The summed E-state index contributed by atoms with van der Waals surface area (Å²) in [7, 11) is 0. The maximum Gasteiger partial charge on any atom is 1.00 e. The van der Waals surface area contributed by atoms with Crippen molar-refractivity contribution in [2.45, 2.75) is 0 Å². The van der Waals surface area contributed by atoms with Crippen molar-refractivity contribution in [3.8, 4) is 0 Å². The Kier molecular flexibility index (Phi) is 21.6. The van der Waals surface area contributed by atoms with E-state index in [9.17, 15) is 4.79 Å². The number of hydrogen-bond donors (Lipinski definition) is 1. The molecule has 0 aliphatic heterocycles. The van der Waals surface area contributed by atoms with Gasteiger partial charge in [0.1, 0.15) is 0 Å². The van der Waals surface area contributed by atoms with Crippen LogP contribution in [0.4, 0.5) is 0 Å². The molecule has 0 aromatic carbocycles. The molecule has 0 atom stereocenters. The van der Waals surface area contributed by atoms with Crippen molar-refractivity contribution < 1.29 is 45.0 Å². The van der Waals surface area contributed by atoms with Gasteiger partial charge in [0.15, 0.2) is 0 Å². The van der Waals surface area contributed by atoms with Crippen molar-refractivity contribution in [3.05, 3.63) is 0 Å². The van der Waals surface area contributed by atoms with E-state index in [2.05, 4.69) is 3.79 Å². The van der Waals surface area contributed by atoms with Crippen LogP contribution in [-0.4, -0.2) is 34.6 Å². The number of nitrogens with two attached hydrogens (primary N) is 1. The third-order valence-corrected chi connectivity index (χ3v) is 0.650. The standard InChI is InChI=1S/C2H5NO2.Al.Na.H2O.2H/c3-1-2(4)5;;;;;/h1,3H2,(H,4,5);;;1H2;;/q;2*+1;;;-1/p-1. The average Bonchev–Trinajstić information content (AvgIpc) is 1.65. The second-order valence-corrected chi connectivity index (χ2v) is 1.01. The van der Waals surface area contributed by atoms with E-state index in [1.807, 2.05) is 0 Å². The molecular weight excluding hydrogens is 136 g/mol. The third kappa shape index (κ3) is 10.0. The summed E-state index contributed by atoms with van der Waals surface area (Å²) in [5.74, 6) is -0.367. The summed E-state index contributed by atoms with van der Waals surface area (Å²) in [4.78, 5) is 9.84. The molecule has 0 heterocycles. The van der Waals surface area contributed by atoms with E-state index in [1.165, 1.54) is 0 Å². The van der Waals surface area contributed by atoms with Crippen molar-refractivity contribution in [2.75, 3.05) is 6.54 Å². The molecule has 0 saturated carbocycles. The average molecular weight is 144 g/mol.